The summed E-state index contributed by atoms with van der Waals surface area (Å²) in [5.41, 5.74) is -8.25. The van der Waals surface area contributed by atoms with Crippen LogP contribution in [0.3, 0.4) is 0 Å². The average molecular weight is 263 g/mol. The van der Waals surface area contributed by atoms with Gasteiger partial charge in [0.2, 0.25) is 0 Å². The maximum absolute atomic E-state index is 10.6. The molecule has 18 heavy (non-hydrogen) atoms. The summed E-state index contributed by atoms with van der Waals surface area (Å²) in [7, 11) is 1.57. The monoisotopic (exact) mass is 263 g/mol. The second-order valence-corrected chi connectivity index (χ2v) is 5.99. The van der Waals surface area contributed by atoms with Crippen molar-refractivity contribution in [1.82, 2.24) is 5.32 Å². The number of likely N-dealkylation sites (N-methyl/N-ethyl adjacent to an activating group) is 1. The molecule has 6 heteroatoms. The van der Waals surface area contributed by atoms with E-state index in [1.54, 1.807) is 14.0 Å². The van der Waals surface area contributed by atoms with E-state index in [9.17, 15) is 20.4 Å². The summed E-state index contributed by atoms with van der Waals surface area (Å²) in [4.78, 5) is 0. The van der Waals surface area contributed by atoms with Crippen molar-refractivity contribution in [3.8, 4) is 0 Å². The number of rotatable bonds is 2. The molecule has 1 aliphatic rings. The molecule has 1 saturated heterocycles. The predicted octanol–water partition coefficient (Wildman–Crippen LogP) is -1.04. The van der Waals surface area contributed by atoms with Crippen LogP contribution < -0.4 is 5.32 Å². The van der Waals surface area contributed by atoms with Crippen LogP contribution in [-0.2, 0) is 4.74 Å². The molecular weight excluding hydrogens is 238 g/mol. The summed E-state index contributed by atoms with van der Waals surface area (Å²) in [6.07, 6.45) is 0. The van der Waals surface area contributed by atoms with Crippen LogP contribution in [0.25, 0.3) is 0 Å². The molecular formula is C12H25NO5. The highest BCUT2D eigenvalue weighted by molar-refractivity contribution is 5.22. The van der Waals surface area contributed by atoms with E-state index in [0.717, 1.165) is 0 Å². The van der Waals surface area contributed by atoms with Crippen LogP contribution in [0.2, 0.25) is 0 Å². The Morgan fingerprint density at radius 3 is 1.67 bits per heavy atom. The lowest BCUT2D eigenvalue weighted by atomic mass is 9.60. The number of hydrogen-bond donors (Lipinski definition) is 5. The van der Waals surface area contributed by atoms with Crippen LogP contribution in [-0.4, -0.2) is 62.2 Å². The highest BCUT2D eigenvalue weighted by atomic mass is 16.6. The number of nitrogens with one attached hydrogen (secondary N) is 1. The van der Waals surface area contributed by atoms with E-state index in [0.29, 0.717) is 0 Å². The van der Waals surface area contributed by atoms with Crippen LogP contribution in [0.1, 0.15) is 34.6 Å². The molecule has 1 fully saturated rings. The molecule has 1 heterocycles. The first-order valence-corrected chi connectivity index (χ1v) is 6.00. The largest absolute Gasteiger partial charge is 0.393 e. The van der Waals surface area contributed by atoms with Crippen LogP contribution in [0, 0.1) is 0 Å². The molecule has 0 bridgehead atoms. The third kappa shape index (κ3) is 1.51. The molecule has 0 saturated carbocycles. The van der Waals surface area contributed by atoms with Crippen molar-refractivity contribution in [2.45, 2.75) is 62.7 Å². The third-order valence-electron chi connectivity index (χ3n) is 5.06. The standard InChI is InChI=1S/C12H25NO5/c1-8(7-14)9(2,15)10(3,16)11(4,17)12(5,13-6)18-8/h13-17H,7H2,1-6H3/t8?,9-,10?,11?,12?/m0/s1. The molecule has 108 valence electrons. The Labute approximate surface area is 108 Å². The Kier molecular flexibility index (Phi) is 3.41. The summed E-state index contributed by atoms with van der Waals surface area (Å²) in [6.45, 7) is 6.61. The van der Waals surface area contributed by atoms with E-state index in [-0.39, 0.29) is 0 Å². The van der Waals surface area contributed by atoms with Gasteiger partial charge in [-0.05, 0) is 41.7 Å². The maximum atomic E-state index is 10.6. The molecule has 1 rings (SSSR count). The minimum atomic E-state index is -1.90. The maximum Gasteiger partial charge on any atom is 0.148 e. The van der Waals surface area contributed by atoms with Crippen molar-refractivity contribution in [2.24, 2.45) is 0 Å². The van der Waals surface area contributed by atoms with E-state index in [4.69, 9.17) is 4.74 Å². The SMILES string of the molecule is CNC1(C)OC(C)(CO)[C@](C)(O)C(C)(O)C1(C)O. The number of aliphatic hydroxyl groups excluding tert-OH is 1. The highest BCUT2D eigenvalue weighted by Crippen LogP contribution is 2.52. The van der Waals surface area contributed by atoms with E-state index < -0.39 is 34.7 Å². The summed E-state index contributed by atoms with van der Waals surface area (Å²) >= 11 is 0. The lowest BCUT2D eigenvalue weighted by molar-refractivity contribution is -0.407. The van der Waals surface area contributed by atoms with Gasteiger partial charge in [-0.15, -0.1) is 0 Å². The van der Waals surface area contributed by atoms with Crippen LogP contribution in [0.5, 0.6) is 0 Å². The van der Waals surface area contributed by atoms with Gasteiger partial charge in [0.25, 0.3) is 0 Å². The van der Waals surface area contributed by atoms with E-state index in [1.165, 1.54) is 27.7 Å². The van der Waals surface area contributed by atoms with Crippen LogP contribution >= 0.6 is 0 Å². The topological polar surface area (TPSA) is 102 Å². The zero-order chi connectivity index (χ0) is 14.6. The van der Waals surface area contributed by atoms with Gasteiger partial charge in [0.15, 0.2) is 0 Å². The molecule has 6 nitrogen and oxygen atoms in total. The molecule has 4 unspecified atom stereocenters. The number of hydrogen-bond acceptors (Lipinski definition) is 6. The first-order chi connectivity index (χ1) is 7.83. The Morgan fingerprint density at radius 2 is 1.33 bits per heavy atom. The molecule has 0 spiro atoms. The zero-order valence-electron chi connectivity index (χ0n) is 11.9. The lowest BCUT2D eigenvalue weighted by Crippen LogP contribution is -2.86. The number of ether oxygens (including phenoxy) is 1. The number of aliphatic hydroxyl groups is 4. The third-order valence-corrected chi connectivity index (χ3v) is 5.06. The average Bonchev–Trinajstić information content (AvgIpc) is 2.26. The van der Waals surface area contributed by atoms with Gasteiger partial charge in [0.05, 0.1) is 6.61 Å². The Morgan fingerprint density at radius 1 is 0.889 bits per heavy atom. The molecule has 0 radical (unpaired) electrons. The Balaban J connectivity index is 3.49. The molecule has 0 aromatic rings. The van der Waals surface area contributed by atoms with Crippen molar-refractivity contribution in [3.63, 3.8) is 0 Å². The first-order valence-electron chi connectivity index (χ1n) is 6.00. The lowest BCUT2D eigenvalue weighted by Gasteiger charge is -2.65. The molecule has 0 aromatic heterocycles. The fourth-order valence-corrected chi connectivity index (χ4v) is 2.58. The Bertz CT molecular complexity index is 311. The molecule has 5 atom stereocenters. The fourth-order valence-electron chi connectivity index (χ4n) is 2.58. The predicted molar refractivity (Wildman–Crippen MR) is 65.9 cm³/mol. The molecule has 0 aromatic carbocycles. The van der Waals surface area contributed by atoms with Gasteiger partial charge in [-0.2, -0.15) is 0 Å². The fraction of sp³-hybridized carbons (Fsp3) is 1.00. The van der Waals surface area contributed by atoms with Gasteiger partial charge in [0, 0.05) is 0 Å². The van der Waals surface area contributed by atoms with Crippen molar-refractivity contribution in [1.29, 1.82) is 0 Å². The van der Waals surface area contributed by atoms with E-state index in [1.807, 2.05) is 0 Å². The highest BCUT2D eigenvalue weighted by Gasteiger charge is 2.73. The summed E-state index contributed by atoms with van der Waals surface area (Å²) in [5, 5.41) is 44.1. The first kappa shape index (κ1) is 15.8. The summed E-state index contributed by atoms with van der Waals surface area (Å²) in [5.74, 6) is 0. The van der Waals surface area contributed by atoms with E-state index in [2.05, 4.69) is 5.32 Å². The summed E-state index contributed by atoms with van der Waals surface area (Å²) < 4.78 is 5.70. The molecule has 0 amide bonds. The quantitative estimate of drug-likeness (QED) is 0.436. The minimum Gasteiger partial charge on any atom is -0.393 e. The van der Waals surface area contributed by atoms with Crippen molar-refractivity contribution in [3.05, 3.63) is 0 Å². The van der Waals surface area contributed by atoms with Crippen molar-refractivity contribution >= 4 is 0 Å². The van der Waals surface area contributed by atoms with Gasteiger partial charge >= 0.3 is 0 Å². The summed E-state index contributed by atoms with van der Waals surface area (Å²) in [6, 6.07) is 0. The zero-order valence-corrected chi connectivity index (χ0v) is 11.9. The van der Waals surface area contributed by atoms with Gasteiger partial charge < -0.3 is 25.2 Å². The second-order valence-electron chi connectivity index (χ2n) is 5.99. The molecule has 0 aliphatic carbocycles. The van der Waals surface area contributed by atoms with Gasteiger partial charge in [-0.25, -0.2) is 0 Å². The second kappa shape index (κ2) is 3.88. The van der Waals surface area contributed by atoms with Crippen molar-refractivity contribution in [2.75, 3.05) is 13.7 Å². The molecule has 1 aliphatic heterocycles. The van der Waals surface area contributed by atoms with Crippen molar-refractivity contribution < 1.29 is 25.2 Å². The van der Waals surface area contributed by atoms with Gasteiger partial charge in [-0.3, -0.25) is 5.32 Å². The minimum absolute atomic E-state index is 0.497. The molecule has 5 N–H and O–H groups in total. The van der Waals surface area contributed by atoms with Crippen LogP contribution in [0.15, 0.2) is 0 Å². The van der Waals surface area contributed by atoms with E-state index >= 15 is 0 Å². The normalized spacial score (nSPS) is 57.7. The van der Waals surface area contributed by atoms with Crippen LogP contribution in [0.4, 0.5) is 0 Å². The smallest absolute Gasteiger partial charge is 0.148 e. The Hall–Kier alpha value is -0.240. The van der Waals surface area contributed by atoms with Gasteiger partial charge in [-0.1, -0.05) is 0 Å². The van der Waals surface area contributed by atoms with Gasteiger partial charge in [0.1, 0.15) is 28.1 Å².